The maximum Gasteiger partial charge on any atom is 0.408 e. The number of rotatable bonds is 17. The highest BCUT2D eigenvalue weighted by Crippen LogP contribution is 2.18. The van der Waals surface area contributed by atoms with Crippen LogP contribution in [0.2, 0.25) is 0 Å². The fourth-order valence-corrected chi connectivity index (χ4v) is 6.00. The van der Waals surface area contributed by atoms with Crippen molar-refractivity contribution in [1.82, 2.24) is 10.2 Å². The van der Waals surface area contributed by atoms with E-state index in [9.17, 15) is 23.1 Å². The molecule has 0 bridgehead atoms. The molecular weight excluding hydrogens is 506 g/mol. The van der Waals surface area contributed by atoms with E-state index >= 15 is 0 Å². The van der Waals surface area contributed by atoms with Gasteiger partial charge in [0.2, 0.25) is 5.91 Å². The molecule has 1 aromatic rings. The lowest BCUT2D eigenvalue weighted by molar-refractivity contribution is -0.134. The average molecular weight is 554 g/mol. The Morgan fingerprint density at radius 3 is 2.16 bits per heavy atom. The van der Waals surface area contributed by atoms with Crippen LogP contribution in [-0.4, -0.2) is 73.2 Å². The van der Waals surface area contributed by atoms with Gasteiger partial charge in [0.25, 0.3) is 0 Å². The Morgan fingerprint density at radius 2 is 1.66 bits per heavy atom. The molecule has 0 aliphatic heterocycles. The number of aliphatic hydroxyl groups is 1. The van der Waals surface area contributed by atoms with Gasteiger partial charge in [-0.15, -0.1) is 12.8 Å². The van der Waals surface area contributed by atoms with Crippen LogP contribution in [-0.2, 0) is 26.0 Å². The molecule has 1 rings (SSSR count). The van der Waals surface area contributed by atoms with Crippen molar-refractivity contribution in [2.75, 3.05) is 25.4 Å². The van der Waals surface area contributed by atoms with Crippen LogP contribution in [0.15, 0.2) is 30.3 Å². The third-order valence-electron chi connectivity index (χ3n) is 5.92. The molecule has 38 heavy (non-hydrogen) atoms. The first-order valence-electron chi connectivity index (χ1n) is 13.2. The highest BCUT2D eigenvalue weighted by molar-refractivity contribution is 7.92. The molecule has 0 unspecified atom stereocenters. The second-order valence-corrected chi connectivity index (χ2v) is 12.0. The van der Waals surface area contributed by atoms with E-state index in [1.807, 2.05) is 45.9 Å². The first kappa shape index (κ1) is 35.4. The molecule has 0 saturated heterocycles. The van der Waals surface area contributed by atoms with Gasteiger partial charge in [0.05, 0.1) is 17.1 Å². The molecular formula is C28H47N3O6S. The van der Waals surface area contributed by atoms with Crippen LogP contribution in [0.1, 0.15) is 65.4 Å². The van der Waals surface area contributed by atoms with Gasteiger partial charge in [0.1, 0.15) is 12.6 Å². The minimum absolute atomic E-state index is 0.0163. The Morgan fingerprint density at radius 1 is 1.08 bits per heavy atom. The number of nitrogens with one attached hydrogen (secondary N) is 1. The number of benzene rings is 1. The summed E-state index contributed by atoms with van der Waals surface area (Å²) in [7, 11) is -3.71. The lowest BCUT2D eigenvalue weighted by Crippen LogP contribution is -2.54. The minimum Gasteiger partial charge on any atom is -0.445 e. The molecule has 0 aliphatic rings. The van der Waals surface area contributed by atoms with Crippen LogP contribution in [0.3, 0.4) is 0 Å². The zero-order valence-electron chi connectivity index (χ0n) is 23.3. The quantitative estimate of drug-likeness (QED) is 0.252. The number of carbonyl (C=O) groups is 2. The number of amides is 2. The van der Waals surface area contributed by atoms with Crippen molar-refractivity contribution < 1.29 is 27.9 Å². The number of nitrogens with two attached hydrogens (primary N) is 1. The Labute approximate surface area is 229 Å². The van der Waals surface area contributed by atoms with E-state index in [1.54, 1.807) is 12.1 Å². The normalized spacial score (nSPS) is 12.8. The van der Waals surface area contributed by atoms with Crippen molar-refractivity contribution in [1.29, 1.82) is 0 Å². The molecule has 0 saturated carbocycles. The van der Waals surface area contributed by atoms with E-state index < -0.39 is 45.0 Å². The number of hydrogen-bond acceptors (Lipinski definition) is 7. The van der Waals surface area contributed by atoms with Gasteiger partial charge >= 0.3 is 6.09 Å². The second kappa shape index (κ2) is 19.5. The summed E-state index contributed by atoms with van der Waals surface area (Å²) in [6.45, 7) is 8.04. The van der Waals surface area contributed by atoms with Crippen LogP contribution in [0, 0.1) is 18.8 Å². The molecule has 0 radical (unpaired) electrons. The largest absolute Gasteiger partial charge is 0.445 e. The number of hydrogen-bond donors (Lipinski definition) is 3. The maximum atomic E-state index is 13.6. The highest BCUT2D eigenvalue weighted by atomic mass is 32.2. The highest BCUT2D eigenvalue weighted by Gasteiger charge is 2.35. The predicted molar refractivity (Wildman–Crippen MR) is 152 cm³/mol. The summed E-state index contributed by atoms with van der Waals surface area (Å²) in [5.74, 6) is -0.830. The minimum atomic E-state index is -3.71. The maximum absolute atomic E-state index is 13.6. The van der Waals surface area contributed by atoms with Gasteiger partial charge in [-0.3, -0.25) is 4.79 Å². The molecule has 0 aliphatic carbocycles. The van der Waals surface area contributed by atoms with E-state index in [0.717, 1.165) is 5.56 Å². The number of terminal acetylenes is 1. The van der Waals surface area contributed by atoms with E-state index in [4.69, 9.17) is 10.5 Å². The van der Waals surface area contributed by atoms with Crippen LogP contribution >= 0.6 is 0 Å². The molecule has 0 spiro atoms. The van der Waals surface area contributed by atoms with Crippen molar-refractivity contribution in [2.24, 2.45) is 11.7 Å². The predicted octanol–water partition coefficient (Wildman–Crippen LogP) is 3.11. The van der Waals surface area contributed by atoms with Gasteiger partial charge in [0, 0.05) is 19.6 Å². The topological polar surface area (TPSA) is 139 Å². The summed E-state index contributed by atoms with van der Waals surface area (Å²) >= 11 is 0. The molecule has 4 N–H and O–H groups in total. The van der Waals surface area contributed by atoms with E-state index in [2.05, 4.69) is 18.2 Å². The lowest BCUT2D eigenvalue weighted by Gasteiger charge is -2.30. The number of nitrogens with zero attached hydrogens (tertiary/aromatic N) is 1. The van der Waals surface area contributed by atoms with E-state index in [-0.39, 0.29) is 25.6 Å². The average Bonchev–Trinajstić information content (AvgIpc) is 2.90. The molecule has 1 aromatic carbocycles. The van der Waals surface area contributed by atoms with E-state index in [1.165, 1.54) is 4.90 Å². The second-order valence-electron chi connectivity index (χ2n) is 9.64. The summed E-state index contributed by atoms with van der Waals surface area (Å²) in [6.07, 6.45) is 9.16. The Balaban J connectivity index is 0.00000667. The summed E-state index contributed by atoms with van der Waals surface area (Å²) in [4.78, 5) is 27.6. The smallest absolute Gasteiger partial charge is 0.408 e. The van der Waals surface area contributed by atoms with Gasteiger partial charge in [-0.05, 0) is 30.7 Å². The van der Waals surface area contributed by atoms with Crippen molar-refractivity contribution >= 4 is 21.8 Å². The van der Waals surface area contributed by atoms with Crippen LogP contribution in [0.4, 0.5) is 4.79 Å². The third-order valence-corrected chi connectivity index (χ3v) is 8.21. The zero-order chi connectivity index (χ0) is 29.1. The number of carbonyl (C=O) groups excluding carboxylic acids is 2. The summed E-state index contributed by atoms with van der Waals surface area (Å²) < 4.78 is 31.9. The fraction of sp³-hybridized carbons (Fsp3) is 0.643. The molecule has 0 aromatic heterocycles. The summed E-state index contributed by atoms with van der Waals surface area (Å²) in [5.41, 5.74) is 6.33. The zero-order valence-corrected chi connectivity index (χ0v) is 24.2. The van der Waals surface area contributed by atoms with Gasteiger partial charge < -0.3 is 25.8 Å². The Hall–Kier alpha value is -2.61. The van der Waals surface area contributed by atoms with Gasteiger partial charge in [-0.2, -0.15) is 0 Å². The van der Waals surface area contributed by atoms with Crippen LogP contribution in [0.25, 0.3) is 0 Å². The lowest BCUT2D eigenvalue weighted by atomic mass is 10.1. The van der Waals surface area contributed by atoms with Crippen molar-refractivity contribution in [3.8, 4) is 12.8 Å². The molecule has 9 nitrogen and oxygen atoms in total. The Bertz CT molecular complexity index is 915. The standard InChI is InChI=1S/C26H45N3O6S.C2H2/c1-5-10-23(11-6-2)36(33,34)19-24(28-26(32)35-18-21-12-8-7-9-13-21)25(31)29(15-14-20(3)4)17-22(30)16-27;1-2/h7-9,12-13,20,22-24,30H,5-6,10-11,14-19,27H2,1-4H3,(H,28,32);1-2H/t22-,24+;/m0./s1. The molecule has 0 heterocycles. The number of alkyl carbamates (subject to hydrolysis) is 1. The molecule has 216 valence electrons. The van der Waals surface area contributed by atoms with Gasteiger partial charge in [-0.1, -0.05) is 70.9 Å². The first-order chi connectivity index (χ1) is 18.0. The number of aliphatic hydroxyl groups excluding tert-OH is 1. The number of ether oxygens (including phenoxy) is 1. The van der Waals surface area contributed by atoms with Gasteiger partial charge in [0.15, 0.2) is 9.84 Å². The molecule has 0 fully saturated rings. The molecule has 2 atom stereocenters. The molecule has 2 amide bonds. The SMILES string of the molecule is C#C.CCCC(CCC)S(=O)(=O)C[C@@H](NC(=O)OCc1ccccc1)C(=O)N(CCC(C)C)C[C@@H](O)CN. The first-order valence-corrected chi connectivity index (χ1v) is 14.9. The summed E-state index contributed by atoms with van der Waals surface area (Å²) in [5, 5.41) is 12.0. The summed E-state index contributed by atoms with van der Waals surface area (Å²) in [6, 6.07) is 7.71. The molecule has 10 heteroatoms. The van der Waals surface area contributed by atoms with Crippen LogP contribution < -0.4 is 11.1 Å². The fourth-order valence-electron chi connectivity index (χ4n) is 3.85. The third kappa shape index (κ3) is 13.8. The van der Waals surface area contributed by atoms with Crippen molar-refractivity contribution in [2.45, 2.75) is 83.8 Å². The Kier molecular flexibility index (Phi) is 18.1. The van der Waals surface area contributed by atoms with Gasteiger partial charge in [-0.25, -0.2) is 13.2 Å². The van der Waals surface area contributed by atoms with Crippen molar-refractivity contribution in [3.05, 3.63) is 35.9 Å². The monoisotopic (exact) mass is 553 g/mol. The van der Waals surface area contributed by atoms with Crippen molar-refractivity contribution in [3.63, 3.8) is 0 Å². The van der Waals surface area contributed by atoms with E-state index in [0.29, 0.717) is 38.6 Å². The van der Waals surface area contributed by atoms with Crippen LogP contribution in [0.5, 0.6) is 0 Å². The number of sulfone groups is 1.